The molecular formula is C8H11N4P. The van der Waals surface area contributed by atoms with E-state index in [-0.39, 0.29) is 0 Å². The van der Waals surface area contributed by atoms with Crippen LogP contribution < -0.4 is 0 Å². The molecule has 0 saturated heterocycles. The second-order valence-electron chi connectivity index (χ2n) is 2.90. The zero-order valence-corrected chi connectivity index (χ0v) is 8.81. The summed E-state index contributed by atoms with van der Waals surface area (Å²) in [5, 5.41) is 5.36. The van der Waals surface area contributed by atoms with E-state index in [0.717, 1.165) is 28.8 Å². The van der Waals surface area contributed by atoms with Crippen LogP contribution in [0.25, 0.3) is 11.0 Å². The van der Waals surface area contributed by atoms with Crippen LogP contribution in [0.1, 0.15) is 18.3 Å². The Morgan fingerprint density at radius 3 is 2.92 bits per heavy atom. The Labute approximate surface area is 78.6 Å². The molecule has 0 aliphatic rings. The first-order chi connectivity index (χ1) is 6.24. The summed E-state index contributed by atoms with van der Waals surface area (Å²) in [6.07, 6.45) is 2.50. The van der Waals surface area contributed by atoms with E-state index in [1.165, 1.54) is 0 Å². The van der Waals surface area contributed by atoms with Gasteiger partial charge in [-0.3, -0.25) is 0 Å². The first-order valence-electron chi connectivity index (χ1n) is 4.18. The quantitative estimate of drug-likeness (QED) is 0.643. The zero-order chi connectivity index (χ0) is 9.42. The lowest BCUT2D eigenvalue weighted by atomic mass is 10.2. The number of rotatable bonds is 1. The molecule has 2 aromatic rings. The second kappa shape index (κ2) is 3.04. The van der Waals surface area contributed by atoms with Crippen molar-refractivity contribution < 1.29 is 0 Å². The highest BCUT2D eigenvalue weighted by atomic mass is 31.0. The standard InChI is InChI=1S/C8H11N4P/c1-3-6-7-5(2)11-12(13)8(7)10-4-9-6/h4H,3,13H2,1-2H3. The molecule has 2 rings (SSSR count). The van der Waals surface area contributed by atoms with E-state index in [1.807, 2.05) is 6.92 Å². The van der Waals surface area contributed by atoms with Crippen LogP contribution in [0.2, 0.25) is 0 Å². The molecule has 0 aromatic carbocycles. The van der Waals surface area contributed by atoms with E-state index in [1.54, 1.807) is 10.8 Å². The third-order valence-electron chi connectivity index (χ3n) is 2.08. The Balaban J connectivity index is 2.88. The molecule has 1 unspecified atom stereocenters. The van der Waals surface area contributed by atoms with Crippen LogP contribution in [0.4, 0.5) is 0 Å². The minimum atomic E-state index is 0.884. The van der Waals surface area contributed by atoms with Gasteiger partial charge >= 0.3 is 0 Å². The van der Waals surface area contributed by atoms with Crippen LogP contribution >= 0.6 is 9.39 Å². The minimum Gasteiger partial charge on any atom is -0.241 e. The summed E-state index contributed by atoms with van der Waals surface area (Å²) in [4.78, 5) is 8.40. The van der Waals surface area contributed by atoms with Crippen LogP contribution in [0.3, 0.4) is 0 Å². The lowest BCUT2D eigenvalue weighted by Gasteiger charge is -1.97. The fourth-order valence-electron chi connectivity index (χ4n) is 1.48. The molecule has 4 nitrogen and oxygen atoms in total. The number of nitrogens with zero attached hydrogens (tertiary/aromatic N) is 4. The first kappa shape index (κ1) is 8.57. The predicted octanol–water partition coefficient (Wildman–Crippen LogP) is 1.34. The second-order valence-corrected chi connectivity index (χ2v) is 3.39. The van der Waals surface area contributed by atoms with Gasteiger partial charge in [0, 0.05) is 0 Å². The van der Waals surface area contributed by atoms with Crippen molar-refractivity contribution in [2.24, 2.45) is 0 Å². The third kappa shape index (κ3) is 1.22. The van der Waals surface area contributed by atoms with Gasteiger partial charge in [0.05, 0.1) is 16.8 Å². The van der Waals surface area contributed by atoms with Crippen LogP contribution in [0.15, 0.2) is 6.33 Å². The molecule has 0 amide bonds. The zero-order valence-electron chi connectivity index (χ0n) is 7.65. The number of hydrogen-bond donors (Lipinski definition) is 0. The molecule has 0 saturated carbocycles. The number of aryl methyl sites for hydroxylation is 2. The predicted molar refractivity (Wildman–Crippen MR) is 54.5 cm³/mol. The fraction of sp³-hybridized carbons (Fsp3) is 0.375. The van der Waals surface area contributed by atoms with Gasteiger partial charge < -0.3 is 0 Å². The molecule has 0 radical (unpaired) electrons. The number of aromatic nitrogens is 4. The van der Waals surface area contributed by atoms with Crippen molar-refractivity contribution in [3.05, 3.63) is 17.7 Å². The molecule has 0 aliphatic heterocycles. The summed E-state index contributed by atoms with van der Waals surface area (Å²) in [6, 6.07) is 0. The topological polar surface area (TPSA) is 43.6 Å². The molecule has 68 valence electrons. The van der Waals surface area contributed by atoms with Gasteiger partial charge in [0.1, 0.15) is 6.33 Å². The van der Waals surface area contributed by atoms with Gasteiger partial charge in [-0.2, -0.15) is 5.10 Å². The van der Waals surface area contributed by atoms with Crippen molar-refractivity contribution in [2.45, 2.75) is 20.3 Å². The SMILES string of the molecule is CCc1ncnc2c1c(C)nn2P. The molecular weight excluding hydrogens is 183 g/mol. The van der Waals surface area contributed by atoms with E-state index < -0.39 is 0 Å². The van der Waals surface area contributed by atoms with Crippen molar-refractivity contribution in [2.75, 3.05) is 0 Å². The van der Waals surface area contributed by atoms with Crippen LogP contribution in [0, 0.1) is 6.92 Å². The van der Waals surface area contributed by atoms with Gasteiger partial charge in [-0.05, 0) is 22.7 Å². The Bertz CT molecular complexity index is 449. The summed E-state index contributed by atoms with van der Waals surface area (Å²) in [5.74, 6) is 0. The van der Waals surface area contributed by atoms with Crippen LogP contribution in [-0.4, -0.2) is 19.5 Å². The molecule has 2 heterocycles. The number of fused-ring (bicyclic) bond motifs is 1. The lowest BCUT2D eigenvalue weighted by molar-refractivity contribution is 0.985. The lowest BCUT2D eigenvalue weighted by Crippen LogP contribution is -1.91. The van der Waals surface area contributed by atoms with Crippen LogP contribution in [0.5, 0.6) is 0 Å². The van der Waals surface area contributed by atoms with Crippen molar-refractivity contribution in [3.63, 3.8) is 0 Å². The normalized spacial score (nSPS) is 11.0. The van der Waals surface area contributed by atoms with Crippen molar-refractivity contribution >= 4 is 20.4 Å². The van der Waals surface area contributed by atoms with Gasteiger partial charge in [-0.1, -0.05) is 6.92 Å². The van der Waals surface area contributed by atoms with E-state index in [2.05, 4.69) is 31.4 Å². The summed E-state index contributed by atoms with van der Waals surface area (Å²) >= 11 is 0. The molecule has 2 aromatic heterocycles. The fourth-order valence-corrected chi connectivity index (χ4v) is 1.85. The molecule has 0 spiro atoms. The van der Waals surface area contributed by atoms with Crippen molar-refractivity contribution in [3.8, 4) is 0 Å². The van der Waals surface area contributed by atoms with E-state index in [0.29, 0.717) is 0 Å². The highest BCUT2D eigenvalue weighted by molar-refractivity contribution is 7.14. The minimum absolute atomic E-state index is 0.884. The maximum absolute atomic E-state index is 4.28. The van der Waals surface area contributed by atoms with Crippen molar-refractivity contribution in [1.82, 2.24) is 19.5 Å². The van der Waals surface area contributed by atoms with Gasteiger partial charge in [0.15, 0.2) is 5.65 Å². The van der Waals surface area contributed by atoms with Gasteiger partial charge in [-0.15, -0.1) is 0 Å². The molecule has 13 heavy (non-hydrogen) atoms. The maximum atomic E-state index is 4.28. The maximum Gasteiger partial charge on any atom is 0.164 e. The Hall–Kier alpha value is -1.02. The van der Waals surface area contributed by atoms with Crippen LogP contribution in [-0.2, 0) is 6.42 Å². The number of hydrogen-bond acceptors (Lipinski definition) is 3. The molecule has 0 fully saturated rings. The molecule has 0 aliphatic carbocycles. The van der Waals surface area contributed by atoms with Gasteiger partial charge in [0.2, 0.25) is 0 Å². The molecule has 0 N–H and O–H groups in total. The summed E-state index contributed by atoms with van der Waals surface area (Å²) in [7, 11) is 2.52. The summed E-state index contributed by atoms with van der Waals surface area (Å²) < 4.78 is 1.71. The molecule has 1 atom stereocenters. The molecule has 0 bridgehead atoms. The monoisotopic (exact) mass is 194 g/mol. The molecule has 5 heteroatoms. The first-order valence-corrected chi connectivity index (χ1v) is 4.70. The Morgan fingerprint density at radius 2 is 2.23 bits per heavy atom. The highest BCUT2D eigenvalue weighted by Gasteiger charge is 2.09. The average molecular weight is 194 g/mol. The van der Waals surface area contributed by atoms with Crippen molar-refractivity contribution in [1.29, 1.82) is 0 Å². The smallest absolute Gasteiger partial charge is 0.164 e. The van der Waals surface area contributed by atoms with E-state index in [4.69, 9.17) is 0 Å². The van der Waals surface area contributed by atoms with Gasteiger partial charge in [-0.25, -0.2) is 14.4 Å². The largest absolute Gasteiger partial charge is 0.241 e. The van der Waals surface area contributed by atoms with E-state index >= 15 is 0 Å². The Morgan fingerprint density at radius 1 is 1.46 bits per heavy atom. The summed E-state index contributed by atoms with van der Waals surface area (Å²) in [5.41, 5.74) is 2.94. The highest BCUT2D eigenvalue weighted by Crippen LogP contribution is 2.20. The summed E-state index contributed by atoms with van der Waals surface area (Å²) in [6.45, 7) is 4.06. The third-order valence-corrected chi connectivity index (χ3v) is 2.44. The van der Waals surface area contributed by atoms with Gasteiger partial charge in [0.25, 0.3) is 0 Å². The Kier molecular flexibility index (Phi) is 2.00. The average Bonchev–Trinajstić information content (AvgIpc) is 2.43. The van der Waals surface area contributed by atoms with E-state index in [9.17, 15) is 0 Å².